The summed E-state index contributed by atoms with van der Waals surface area (Å²) in [7, 11) is -4.90. The van der Waals surface area contributed by atoms with Gasteiger partial charge in [-0.25, -0.2) is 0 Å². The number of nitrogens with two attached hydrogens (primary N) is 1. The molecule has 15 heteroatoms. The minimum absolute atomic E-state index is 0.0335. The number of anilines is 6. The molecule has 1 aliphatic carbocycles. The molecule has 4 aromatic rings. The van der Waals surface area contributed by atoms with E-state index >= 15 is 0 Å². The Hall–Kier alpha value is -4.63. The fraction of sp³-hybridized carbons (Fsp3) is 0.207. The van der Waals surface area contributed by atoms with E-state index in [2.05, 4.69) is 30.9 Å². The summed E-state index contributed by atoms with van der Waals surface area (Å²) in [6.45, 7) is 7.43. The number of nitrogens with one attached hydrogen (secondary N) is 3. The fourth-order valence-corrected chi connectivity index (χ4v) is 6.03. The molecule has 0 amide bonds. The van der Waals surface area contributed by atoms with E-state index in [9.17, 15) is 22.6 Å². The number of nitrogen functional groups attached to an aromatic ring is 1. The van der Waals surface area contributed by atoms with Gasteiger partial charge in [0, 0.05) is 29.0 Å². The second-order valence-corrected chi connectivity index (χ2v) is 11.9. The summed E-state index contributed by atoms with van der Waals surface area (Å²) in [5, 5.41) is 18.2. The highest BCUT2D eigenvalue weighted by Gasteiger charge is 2.36. The predicted molar refractivity (Wildman–Crippen MR) is 166 cm³/mol. The zero-order chi connectivity index (χ0) is 32.1. The van der Waals surface area contributed by atoms with Gasteiger partial charge >= 0.3 is 0 Å². The van der Waals surface area contributed by atoms with Crippen molar-refractivity contribution in [3.05, 3.63) is 80.1 Å². The van der Waals surface area contributed by atoms with Crippen molar-refractivity contribution in [1.29, 1.82) is 0 Å². The van der Waals surface area contributed by atoms with Crippen molar-refractivity contribution in [2.24, 2.45) is 0 Å². The molecule has 0 saturated heterocycles. The van der Waals surface area contributed by atoms with Gasteiger partial charge in [0.15, 0.2) is 11.6 Å². The lowest BCUT2D eigenvalue weighted by Gasteiger charge is -2.26. The molecule has 1 aliphatic rings. The first-order chi connectivity index (χ1) is 20.7. The molecule has 44 heavy (non-hydrogen) atoms. The summed E-state index contributed by atoms with van der Waals surface area (Å²) in [5.74, 6) is -0.920. The molecule has 7 N–H and O–H groups in total. The third-order valence-corrected chi connectivity index (χ3v) is 8.67. The normalized spacial score (nSPS) is 12.5. The number of aliphatic hydroxyl groups excluding tert-OH is 1. The molecule has 0 radical (unpaired) electrons. The van der Waals surface area contributed by atoms with Crippen molar-refractivity contribution >= 4 is 67.9 Å². The Bertz CT molecular complexity index is 2000. The first kappa shape index (κ1) is 30.8. The molecule has 0 fully saturated rings. The van der Waals surface area contributed by atoms with Gasteiger partial charge in [-0.15, -0.1) is 0 Å². The lowest BCUT2D eigenvalue weighted by Crippen LogP contribution is -2.25. The molecular weight excluding hydrogens is 610 g/mol. The molecule has 3 aromatic carbocycles. The number of hydrogen-bond donors (Lipinski definition) is 6. The van der Waals surface area contributed by atoms with Crippen LogP contribution in [0.1, 0.15) is 54.1 Å². The molecule has 0 saturated carbocycles. The number of carbonyl (C=O) groups is 2. The first-order valence-corrected chi connectivity index (χ1v) is 15.1. The van der Waals surface area contributed by atoms with Crippen LogP contribution in [0.2, 0.25) is 5.28 Å². The molecule has 0 bridgehead atoms. The van der Waals surface area contributed by atoms with E-state index in [0.717, 1.165) is 22.8 Å². The van der Waals surface area contributed by atoms with Gasteiger partial charge < -0.3 is 26.8 Å². The Kier molecular flexibility index (Phi) is 8.03. The minimum atomic E-state index is -4.90. The summed E-state index contributed by atoms with van der Waals surface area (Å²) < 4.78 is 34.8. The number of carbonyl (C=O) groups excluding carboxylic acids is 2. The average Bonchev–Trinajstić information content (AvgIpc) is 2.97. The molecule has 1 heterocycles. The van der Waals surface area contributed by atoms with Crippen molar-refractivity contribution in [2.45, 2.75) is 32.6 Å². The number of fused-ring (bicyclic) bond motifs is 2. The lowest BCUT2D eigenvalue weighted by atomic mass is 9.82. The van der Waals surface area contributed by atoms with E-state index in [1.165, 1.54) is 12.1 Å². The van der Waals surface area contributed by atoms with Crippen molar-refractivity contribution in [3.63, 3.8) is 0 Å². The van der Waals surface area contributed by atoms with Crippen molar-refractivity contribution in [2.75, 3.05) is 34.8 Å². The van der Waals surface area contributed by atoms with Crippen LogP contribution in [-0.4, -0.2) is 57.7 Å². The van der Waals surface area contributed by atoms with E-state index < -0.39 is 32.3 Å². The van der Waals surface area contributed by atoms with Crippen LogP contribution in [-0.2, 0) is 10.1 Å². The van der Waals surface area contributed by atoms with Gasteiger partial charge in [-0.05, 0) is 67.6 Å². The molecule has 0 spiro atoms. The van der Waals surface area contributed by atoms with Gasteiger partial charge in [-0.2, -0.15) is 23.4 Å². The number of ketones is 2. The van der Waals surface area contributed by atoms with Crippen molar-refractivity contribution in [3.8, 4) is 0 Å². The molecule has 5 rings (SSSR count). The average molecular weight is 638 g/mol. The number of aliphatic hydroxyl groups is 1. The minimum Gasteiger partial charge on any atom is -0.397 e. The maximum Gasteiger partial charge on any atom is 0.296 e. The summed E-state index contributed by atoms with van der Waals surface area (Å²) >= 11 is 6.11. The Balaban J connectivity index is 1.69. The van der Waals surface area contributed by atoms with Crippen molar-refractivity contribution in [1.82, 2.24) is 15.0 Å². The van der Waals surface area contributed by atoms with E-state index in [1.54, 1.807) is 19.1 Å². The molecular formula is C29H28ClN7O6S. The van der Waals surface area contributed by atoms with Crippen LogP contribution in [0.15, 0.2) is 35.2 Å². The van der Waals surface area contributed by atoms with Gasteiger partial charge in [-0.1, -0.05) is 24.3 Å². The molecule has 0 aliphatic heterocycles. The first-order valence-electron chi connectivity index (χ1n) is 13.3. The van der Waals surface area contributed by atoms with Crippen LogP contribution in [0.25, 0.3) is 0 Å². The highest BCUT2D eigenvalue weighted by molar-refractivity contribution is 7.86. The van der Waals surface area contributed by atoms with E-state index in [4.69, 9.17) is 22.4 Å². The maximum absolute atomic E-state index is 13.8. The highest BCUT2D eigenvalue weighted by atomic mass is 35.5. The zero-order valence-corrected chi connectivity index (χ0v) is 25.6. The number of halogens is 1. The second kappa shape index (κ2) is 11.5. The standard InChI is InChI=1S/C29H28ClN7O6S/c1-12-13(2)23(15(4)24(14(12)3)34-29-36-27(30)35-28(37-29)32-9-10-38)33-18-11-19(44(41,42)43)22(31)21-20(18)25(39)16-7-5-6-8-17(16)26(21)40/h5-8,11,33,38H,9-10,31H2,1-4H3,(H,41,42,43)(H2,32,34,35,36,37). The van der Waals surface area contributed by atoms with E-state index in [1.807, 2.05) is 20.8 Å². The molecule has 228 valence electrons. The third-order valence-electron chi connectivity index (χ3n) is 7.60. The number of hydrogen-bond acceptors (Lipinski definition) is 12. The Morgan fingerprint density at radius 3 is 2.00 bits per heavy atom. The van der Waals surface area contributed by atoms with Crippen LogP contribution in [0.3, 0.4) is 0 Å². The van der Waals surface area contributed by atoms with Crippen LogP contribution in [0, 0.1) is 27.7 Å². The summed E-state index contributed by atoms with van der Waals surface area (Å²) in [6, 6.07) is 7.21. The van der Waals surface area contributed by atoms with Crippen LogP contribution in [0.5, 0.6) is 0 Å². The predicted octanol–water partition coefficient (Wildman–Crippen LogP) is 4.25. The number of rotatable bonds is 8. The van der Waals surface area contributed by atoms with Gasteiger partial charge in [0.05, 0.1) is 29.1 Å². The Morgan fingerprint density at radius 2 is 1.41 bits per heavy atom. The van der Waals surface area contributed by atoms with Crippen molar-refractivity contribution < 1.29 is 27.7 Å². The maximum atomic E-state index is 13.8. The van der Waals surface area contributed by atoms with Gasteiger partial charge in [-0.3, -0.25) is 14.1 Å². The highest BCUT2D eigenvalue weighted by Crippen LogP contribution is 2.43. The smallest absolute Gasteiger partial charge is 0.296 e. The third kappa shape index (κ3) is 5.32. The second-order valence-electron chi connectivity index (χ2n) is 10.2. The molecule has 0 unspecified atom stereocenters. The van der Waals surface area contributed by atoms with Crippen LogP contribution >= 0.6 is 11.6 Å². The quantitative estimate of drug-likeness (QED) is 0.104. The number of aromatic nitrogens is 3. The molecule has 0 atom stereocenters. The van der Waals surface area contributed by atoms with Gasteiger partial charge in [0.2, 0.25) is 17.2 Å². The largest absolute Gasteiger partial charge is 0.397 e. The summed E-state index contributed by atoms with van der Waals surface area (Å²) in [4.78, 5) is 39.1. The monoisotopic (exact) mass is 637 g/mol. The lowest BCUT2D eigenvalue weighted by molar-refractivity contribution is 0.0980. The number of nitrogens with zero attached hydrogens (tertiary/aromatic N) is 3. The zero-order valence-electron chi connectivity index (χ0n) is 24.0. The van der Waals surface area contributed by atoms with Gasteiger partial charge in [0.25, 0.3) is 10.1 Å². The van der Waals surface area contributed by atoms with E-state index in [-0.39, 0.29) is 58.3 Å². The van der Waals surface area contributed by atoms with E-state index in [0.29, 0.717) is 16.9 Å². The summed E-state index contributed by atoms with van der Waals surface area (Å²) in [6.07, 6.45) is 0. The molecule has 13 nitrogen and oxygen atoms in total. The SMILES string of the molecule is Cc1c(C)c(Nc2nc(Cl)nc(NCCO)n2)c(C)c(Nc2cc(S(=O)(=O)O)c(N)c3c2C(=O)c2ccccc2C3=O)c1C. The Labute approximate surface area is 257 Å². The van der Waals surface area contributed by atoms with Crippen LogP contribution < -0.4 is 21.7 Å². The fourth-order valence-electron chi connectivity index (χ4n) is 5.22. The number of benzene rings is 3. The van der Waals surface area contributed by atoms with Crippen LogP contribution in [0.4, 0.5) is 34.6 Å². The molecule has 1 aromatic heterocycles. The summed E-state index contributed by atoms with van der Waals surface area (Å²) in [5.41, 5.74) is 9.50. The Morgan fingerprint density at radius 1 is 0.841 bits per heavy atom. The topological polar surface area (TPSA) is 210 Å². The van der Waals surface area contributed by atoms with Gasteiger partial charge in [0.1, 0.15) is 4.90 Å².